The van der Waals surface area contributed by atoms with Gasteiger partial charge in [-0.3, -0.25) is 9.88 Å². The Kier molecular flexibility index (Phi) is 4.96. The third-order valence-electron chi connectivity index (χ3n) is 5.32. The third-order valence-corrected chi connectivity index (χ3v) is 6.31. The average Bonchev–Trinajstić information content (AvgIpc) is 3.26. The van der Waals surface area contributed by atoms with Gasteiger partial charge >= 0.3 is 0 Å². The van der Waals surface area contributed by atoms with Crippen molar-refractivity contribution in [1.29, 1.82) is 0 Å². The number of hydrogen-bond donors (Lipinski definition) is 1. The number of anilines is 2. The zero-order chi connectivity index (χ0) is 17.2. The monoisotopic (exact) mass is 359 g/mol. The second-order valence-electron chi connectivity index (χ2n) is 6.90. The summed E-state index contributed by atoms with van der Waals surface area (Å²) in [6, 6.07) is 0.613. The van der Waals surface area contributed by atoms with Crippen LogP contribution in [0.2, 0.25) is 0 Å². The van der Waals surface area contributed by atoms with Gasteiger partial charge in [0.05, 0.1) is 18.0 Å². The number of hydrogen-bond acceptors (Lipinski definition) is 7. The number of aromatic nitrogens is 3. The van der Waals surface area contributed by atoms with E-state index in [2.05, 4.69) is 32.1 Å². The zero-order valence-corrected chi connectivity index (χ0v) is 15.7. The summed E-state index contributed by atoms with van der Waals surface area (Å²) in [6.07, 6.45) is 6.98. The van der Waals surface area contributed by atoms with Crippen molar-refractivity contribution < 1.29 is 4.74 Å². The van der Waals surface area contributed by atoms with Crippen molar-refractivity contribution in [2.24, 2.45) is 0 Å². The Labute approximate surface area is 152 Å². The van der Waals surface area contributed by atoms with Gasteiger partial charge in [0.25, 0.3) is 0 Å². The molecule has 1 N–H and O–H groups in total. The molecule has 4 heterocycles. The Hall–Kier alpha value is -1.57. The van der Waals surface area contributed by atoms with Gasteiger partial charge < -0.3 is 10.1 Å². The quantitative estimate of drug-likeness (QED) is 0.904. The van der Waals surface area contributed by atoms with Gasteiger partial charge in [-0.05, 0) is 46.2 Å². The van der Waals surface area contributed by atoms with Gasteiger partial charge in [-0.15, -0.1) is 11.3 Å². The standard InChI is InChI=1S/C18H25N5OS/c1-12-13(2)25-18(21-12)22-17-16(19-6-7-20-17)14-3-8-23(9-4-14)15-5-10-24-11-15/h6-7,14-15H,3-5,8-11H2,1-2H3,(H,20,21,22)/t15-/m1/s1. The molecule has 4 rings (SSSR count). The molecular formula is C18H25N5OS. The highest BCUT2D eigenvalue weighted by Crippen LogP contribution is 2.33. The first-order valence-electron chi connectivity index (χ1n) is 9.04. The molecule has 0 bridgehead atoms. The Balaban J connectivity index is 1.45. The molecule has 0 aliphatic carbocycles. The molecule has 0 aromatic carbocycles. The summed E-state index contributed by atoms with van der Waals surface area (Å²) in [5.74, 6) is 1.32. The molecule has 0 unspecified atom stereocenters. The van der Waals surface area contributed by atoms with Crippen molar-refractivity contribution in [3.8, 4) is 0 Å². The Morgan fingerprint density at radius 1 is 1.16 bits per heavy atom. The van der Waals surface area contributed by atoms with Gasteiger partial charge in [0.15, 0.2) is 10.9 Å². The van der Waals surface area contributed by atoms with Gasteiger partial charge in [-0.1, -0.05) is 0 Å². The molecule has 1 atom stereocenters. The van der Waals surface area contributed by atoms with E-state index >= 15 is 0 Å². The van der Waals surface area contributed by atoms with Crippen LogP contribution in [-0.4, -0.2) is 52.2 Å². The lowest BCUT2D eigenvalue weighted by Crippen LogP contribution is -2.41. The minimum absolute atomic E-state index is 0.455. The van der Waals surface area contributed by atoms with Gasteiger partial charge in [-0.2, -0.15) is 0 Å². The first kappa shape index (κ1) is 16.9. The smallest absolute Gasteiger partial charge is 0.188 e. The maximum absolute atomic E-state index is 5.54. The molecule has 2 saturated heterocycles. The average molecular weight is 359 g/mol. The predicted molar refractivity (Wildman–Crippen MR) is 99.7 cm³/mol. The summed E-state index contributed by atoms with van der Waals surface area (Å²) in [7, 11) is 0. The Morgan fingerprint density at radius 3 is 2.64 bits per heavy atom. The number of rotatable bonds is 4. The maximum Gasteiger partial charge on any atom is 0.188 e. The van der Waals surface area contributed by atoms with E-state index in [4.69, 9.17) is 4.74 Å². The van der Waals surface area contributed by atoms with Crippen molar-refractivity contribution in [2.75, 3.05) is 31.6 Å². The molecular weight excluding hydrogens is 334 g/mol. The largest absolute Gasteiger partial charge is 0.380 e. The highest BCUT2D eigenvalue weighted by molar-refractivity contribution is 7.15. The van der Waals surface area contributed by atoms with Crippen LogP contribution in [0.15, 0.2) is 12.4 Å². The van der Waals surface area contributed by atoms with E-state index in [1.165, 1.54) is 11.3 Å². The first-order valence-corrected chi connectivity index (χ1v) is 9.86. The van der Waals surface area contributed by atoms with Crippen LogP contribution < -0.4 is 5.32 Å². The van der Waals surface area contributed by atoms with Crippen molar-refractivity contribution in [3.05, 3.63) is 28.7 Å². The molecule has 2 aliphatic heterocycles. The summed E-state index contributed by atoms with van der Waals surface area (Å²) < 4.78 is 5.54. The molecule has 6 nitrogen and oxygen atoms in total. The number of nitrogens with zero attached hydrogens (tertiary/aromatic N) is 4. The normalized spacial score (nSPS) is 22.4. The molecule has 2 aromatic heterocycles. The van der Waals surface area contributed by atoms with E-state index in [1.807, 2.05) is 6.92 Å². The SMILES string of the molecule is Cc1nc(Nc2nccnc2C2CCN([C@@H]3CCOC3)CC2)sc1C. The predicted octanol–water partition coefficient (Wildman–Crippen LogP) is 3.26. The lowest BCUT2D eigenvalue weighted by Gasteiger charge is -2.35. The number of piperidine rings is 1. The van der Waals surface area contributed by atoms with Crippen LogP contribution in [0.4, 0.5) is 10.9 Å². The summed E-state index contributed by atoms with van der Waals surface area (Å²) in [5.41, 5.74) is 2.15. The second kappa shape index (κ2) is 7.35. The van der Waals surface area contributed by atoms with Crippen molar-refractivity contribution in [3.63, 3.8) is 0 Å². The highest BCUT2D eigenvalue weighted by Gasteiger charge is 2.30. The summed E-state index contributed by atoms with van der Waals surface area (Å²) >= 11 is 1.67. The van der Waals surface area contributed by atoms with Gasteiger partial charge in [0.1, 0.15) is 0 Å². The molecule has 2 aromatic rings. The molecule has 0 spiro atoms. The zero-order valence-electron chi connectivity index (χ0n) is 14.9. The van der Waals surface area contributed by atoms with Crippen LogP contribution in [0.3, 0.4) is 0 Å². The van der Waals surface area contributed by atoms with E-state index in [0.717, 1.165) is 61.5 Å². The van der Waals surface area contributed by atoms with Gasteiger partial charge in [0.2, 0.25) is 0 Å². The van der Waals surface area contributed by atoms with Crippen LogP contribution in [-0.2, 0) is 4.74 Å². The topological polar surface area (TPSA) is 63.2 Å². The minimum atomic E-state index is 0.455. The lowest BCUT2D eigenvalue weighted by atomic mass is 9.92. The first-order chi connectivity index (χ1) is 12.2. The van der Waals surface area contributed by atoms with E-state index in [9.17, 15) is 0 Å². The van der Waals surface area contributed by atoms with Gasteiger partial charge in [-0.25, -0.2) is 9.97 Å². The number of likely N-dealkylation sites (tertiary alicyclic amines) is 1. The van der Waals surface area contributed by atoms with E-state index < -0.39 is 0 Å². The fourth-order valence-electron chi connectivity index (χ4n) is 3.72. The summed E-state index contributed by atoms with van der Waals surface area (Å²) in [5, 5.41) is 4.30. The van der Waals surface area contributed by atoms with Crippen LogP contribution in [0.1, 0.15) is 41.4 Å². The fourth-order valence-corrected chi connectivity index (χ4v) is 4.53. The lowest BCUT2D eigenvalue weighted by molar-refractivity contribution is 0.121. The van der Waals surface area contributed by atoms with E-state index in [0.29, 0.717) is 12.0 Å². The fraction of sp³-hybridized carbons (Fsp3) is 0.611. The molecule has 2 aliphatic rings. The van der Waals surface area contributed by atoms with E-state index in [-0.39, 0.29) is 0 Å². The molecule has 2 fully saturated rings. The Bertz CT molecular complexity index is 701. The Morgan fingerprint density at radius 2 is 1.96 bits per heavy atom. The van der Waals surface area contributed by atoms with Crippen LogP contribution in [0.25, 0.3) is 0 Å². The molecule has 0 radical (unpaired) electrons. The minimum Gasteiger partial charge on any atom is -0.380 e. The third kappa shape index (κ3) is 3.68. The van der Waals surface area contributed by atoms with Crippen molar-refractivity contribution in [1.82, 2.24) is 19.9 Å². The highest BCUT2D eigenvalue weighted by atomic mass is 32.1. The second-order valence-corrected chi connectivity index (χ2v) is 8.11. The van der Waals surface area contributed by atoms with Crippen LogP contribution in [0.5, 0.6) is 0 Å². The number of thiazole rings is 1. The van der Waals surface area contributed by atoms with Crippen LogP contribution >= 0.6 is 11.3 Å². The maximum atomic E-state index is 5.54. The number of nitrogens with one attached hydrogen (secondary N) is 1. The summed E-state index contributed by atoms with van der Waals surface area (Å²) in [4.78, 5) is 17.6. The molecule has 0 saturated carbocycles. The van der Waals surface area contributed by atoms with Crippen molar-refractivity contribution >= 4 is 22.3 Å². The molecule has 25 heavy (non-hydrogen) atoms. The summed E-state index contributed by atoms with van der Waals surface area (Å²) in [6.45, 7) is 8.17. The van der Waals surface area contributed by atoms with Gasteiger partial charge in [0, 0.05) is 35.8 Å². The molecule has 7 heteroatoms. The van der Waals surface area contributed by atoms with Crippen molar-refractivity contribution in [2.45, 2.75) is 45.1 Å². The number of aryl methyl sites for hydroxylation is 2. The molecule has 134 valence electrons. The number of ether oxygens (including phenoxy) is 1. The molecule has 0 amide bonds. The van der Waals surface area contributed by atoms with Crippen LogP contribution in [0, 0.1) is 13.8 Å². The van der Waals surface area contributed by atoms with E-state index in [1.54, 1.807) is 23.7 Å².